The molecule has 3 nitrogen and oxygen atoms in total. The Bertz CT molecular complexity index is 400. The summed E-state index contributed by atoms with van der Waals surface area (Å²) in [6.07, 6.45) is 3.87. The molecule has 0 spiro atoms. The van der Waals surface area contributed by atoms with E-state index in [1.807, 2.05) is 30.3 Å². The molecule has 0 radical (unpaired) electrons. The summed E-state index contributed by atoms with van der Waals surface area (Å²) in [4.78, 5) is 11.8. The SMILES string of the molecule is CC(CNC(=O)CCC(N)c1ccccc1)C1CC1. The van der Waals surface area contributed by atoms with Gasteiger partial charge in [-0.1, -0.05) is 37.3 Å². The van der Waals surface area contributed by atoms with E-state index >= 15 is 0 Å². The number of amides is 1. The van der Waals surface area contributed by atoms with Gasteiger partial charge >= 0.3 is 0 Å². The quantitative estimate of drug-likeness (QED) is 0.792. The molecule has 0 aromatic heterocycles. The van der Waals surface area contributed by atoms with E-state index in [1.54, 1.807) is 0 Å². The van der Waals surface area contributed by atoms with Gasteiger partial charge in [-0.05, 0) is 36.7 Å². The molecule has 1 saturated carbocycles. The molecular formula is C16H24N2O. The molecule has 0 saturated heterocycles. The molecule has 1 aliphatic carbocycles. The number of rotatable bonds is 7. The van der Waals surface area contributed by atoms with Crippen molar-refractivity contribution in [3.63, 3.8) is 0 Å². The Balaban J connectivity index is 1.65. The van der Waals surface area contributed by atoms with E-state index < -0.39 is 0 Å². The van der Waals surface area contributed by atoms with E-state index in [4.69, 9.17) is 5.73 Å². The minimum atomic E-state index is -0.0483. The lowest BCUT2D eigenvalue weighted by Gasteiger charge is -2.14. The molecule has 0 aliphatic heterocycles. The maximum absolute atomic E-state index is 11.8. The normalized spacial score (nSPS) is 17.8. The van der Waals surface area contributed by atoms with Crippen LogP contribution >= 0.6 is 0 Å². The molecule has 3 N–H and O–H groups in total. The number of benzene rings is 1. The largest absolute Gasteiger partial charge is 0.356 e. The summed E-state index contributed by atoms with van der Waals surface area (Å²) in [6.45, 7) is 3.03. The zero-order valence-electron chi connectivity index (χ0n) is 11.6. The van der Waals surface area contributed by atoms with Crippen molar-refractivity contribution in [3.8, 4) is 0 Å². The predicted octanol–water partition coefficient (Wildman–Crippen LogP) is 2.63. The van der Waals surface area contributed by atoms with Crippen LogP contribution in [0.4, 0.5) is 0 Å². The van der Waals surface area contributed by atoms with Gasteiger partial charge in [-0.3, -0.25) is 4.79 Å². The maximum atomic E-state index is 11.8. The van der Waals surface area contributed by atoms with Crippen molar-refractivity contribution in [2.45, 2.75) is 38.6 Å². The summed E-state index contributed by atoms with van der Waals surface area (Å²) in [5, 5.41) is 3.02. The van der Waals surface area contributed by atoms with Gasteiger partial charge in [0, 0.05) is 19.0 Å². The van der Waals surface area contributed by atoms with Crippen LogP contribution in [-0.4, -0.2) is 12.5 Å². The molecule has 2 atom stereocenters. The van der Waals surface area contributed by atoms with Gasteiger partial charge in [-0.15, -0.1) is 0 Å². The fraction of sp³-hybridized carbons (Fsp3) is 0.562. The lowest BCUT2D eigenvalue weighted by molar-refractivity contribution is -0.121. The van der Waals surface area contributed by atoms with Gasteiger partial charge in [0.25, 0.3) is 0 Å². The highest BCUT2D eigenvalue weighted by molar-refractivity contribution is 5.75. The first kappa shape index (κ1) is 14.1. The molecule has 0 bridgehead atoms. The maximum Gasteiger partial charge on any atom is 0.220 e. The number of carbonyl (C=O) groups is 1. The standard InChI is InChI=1S/C16H24N2O/c1-12(13-7-8-13)11-18-16(19)10-9-15(17)14-5-3-2-4-6-14/h2-6,12-13,15H,7-11,17H2,1H3,(H,18,19). The minimum absolute atomic E-state index is 0.0483. The lowest BCUT2D eigenvalue weighted by atomic mass is 10.0. The Morgan fingerprint density at radius 2 is 2.05 bits per heavy atom. The predicted molar refractivity (Wildman–Crippen MR) is 77.5 cm³/mol. The van der Waals surface area contributed by atoms with Crippen LogP contribution in [0.5, 0.6) is 0 Å². The molecule has 19 heavy (non-hydrogen) atoms. The second-order valence-corrected chi connectivity index (χ2v) is 5.67. The monoisotopic (exact) mass is 260 g/mol. The third-order valence-electron chi connectivity index (χ3n) is 3.96. The van der Waals surface area contributed by atoms with Gasteiger partial charge in [0.1, 0.15) is 0 Å². The molecule has 1 aromatic rings. The zero-order valence-corrected chi connectivity index (χ0v) is 11.6. The van der Waals surface area contributed by atoms with Gasteiger partial charge in [0.05, 0.1) is 0 Å². The first-order valence-corrected chi connectivity index (χ1v) is 7.24. The van der Waals surface area contributed by atoms with Crippen LogP contribution in [0.25, 0.3) is 0 Å². The van der Waals surface area contributed by atoms with Crippen molar-refractivity contribution in [1.29, 1.82) is 0 Å². The molecule has 3 heteroatoms. The van der Waals surface area contributed by atoms with E-state index in [1.165, 1.54) is 12.8 Å². The number of nitrogens with one attached hydrogen (secondary N) is 1. The van der Waals surface area contributed by atoms with Crippen LogP contribution < -0.4 is 11.1 Å². The summed E-state index contributed by atoms with van der Waals surface area (Å²) in [5.41, 5.74) is 7.18. The van der Waals surface area contributed by atoms with Crippen LogP contribution in [0.3, 0.4) is 0 Å². The van der Waals surface area contributed by atoms with E-state index in [0.29, 0.717) is 18.8 Å². The fourth-order valence-corrected chi connectivity index (χ4v) is 2.35. The van der Waals surface area contributed by atoms with Gasteiger partial charge in [0.2, 0.25) is 5.91 Å². The van der Waals surface area contributed by atoms with Crippen molar-refractivity contribution in [3.05, 3.63) is 35.9 Å². The third-order valence-corrected chi connectivity index (χ3v) is 3.96. The summed E-state index contributed by atoms with van der Waals surface area (Å²) in [5.74, 6) is 1.58. The van der Waals surface area contributed by atoms with Crippen LogP contribution in [0.1, 0.15) is 44.2 Å². The second kappa shape index (κ2) is 6.71. The molecule has 1 aliphatic rings. The van der Waals surface area contributed by atoms with Crippen molar-refractivity contribution < 1.29 is 4.79 Å². The highest BCUT2D eigenvalue weighted by Gasteiger charge is 2.27. The Labute approximate surface area is 115 Å². The first-order valence-electron chi connectivity index (χ1n) is 7.24. The van der Waals surface area contributed by atoms with Crippen molar-refractivity contribution in [1.82, 2.24) is 5.32 Å². The number of hydrogen-bond acceptors (Lipinski definition) is 2. The molecule has 2 unspecified atom stereocenters. The molecule has 104 valence electrons. The van der Waals surface area contributed by atoms with Crippen molar-refractivity contribution >= 4 is 5.91 Å². The van der Waals surface area contributed by atoms with E-state index in [2.05, 4.69) is 12.2 Å². The Kier molecular flexibility index (Phi) is 4.97. The summed E-state index contributed by atoms with van der Waals surface area (Å²) >= 11 is 0. The van der Waals surface area contributed by atoms with E-state index in [-0.39, 0.29) is 11.9 Å². The molecule has 2 rings (SSSR count). The Morgan fingerprint density at radius 3 is 2.68 bits per heavy atom. The highest BCUT2D eigenvalue weighted by Crippen LogP contribution is 2.36. The van der Waals surface area contributed by atoms with E-state index in [9.17, 15) is 4.79 Å². The van der Waals surface area contributed by atoms with Gasteiger partial charge in [0.15, 0.2) is 0 Å². The highest BCUT2D eigenvalue weighted by atomic mass is 16.1. The van der Waals surface area contributed by atoms with Crippen LogP contribution in [0, 0.1) is 11.8 Å². The average Bonchev–Trinajstić information content (AvgIpc) is 3.27. The topological polar surface area (TPSA) is 55.1 Å². The molecule has 1 fully saturated rings. The number of carbonyl (C=O) groups excluding carboxylic acids is 1. The second-order valence-electron chi connectivity index (χ2n) is 5.67. The van der Waals surface area contributed by atoms with Crippen molar-refractivity contribution in [2.24, 2.45) is 17.6 Å². The average molecular weight is 260 g/mol. The number of nitrogens with two attached hydrogens (primary N) is 1. The summed E-state index contributed by atoms with van der Waals surface area (Å²) < 4.78 is 0. The van der Waals surface area contributed by atoms with Crippen LogP contribution in [0.15, 0.2) is 30.3 Å². The van der Waals surface area contributed by atoms with Crippen LogP contribution in [-0.2, 0) is 4.79 Å². The molecule has 0 heterocycles. The zero-order chi connectivity index (χ0) is 13.7. The van der Waals surface area contributed by atoms with Gasteiger partial charge < -0.3 is 11.1 Å². The molecular weight excluding hydrogens is 236 g/mol. The number of hydrogen-bond donors (Lipinski definition) is 2. The van der Waals surface area contributed by atoms with Gasteiger partial charge in [-0.2, -0.15) is 0 Å². The van der Waals surface area contributed by atoms with Crippen molar-refractivity contribution in [2.75, 3.05) is 6.54 Å². The van der Waals surface area contributed by atoms with E-state index in [0.717, 1.165) is 18.0 Å². The Morgan fingerprint density at radius 1 is 1.37 bits per heavy atom. The lowest BCUT2D eigenvalue weighted by Crippen LogP contribution is -2.29. The first-order chi connectivity index (χ1) is 9.16. The van der Waals surface area contributed by atoms with Gasteiger partial charge in [-0.25, -0.2) is 0 Å². The summed E-state index contributed by atoms with van der Waals surface area (Å²) in [7, 11) is 0. The molecule has 1 aromatic carbocycles. The minimum Gasteiger partial charge on any atom is -0.356 e. The molecule has 1 amide bonds. The Hall–Kier alpha value is -1.35. The third kappa shape index (κ3) is 4.67. The smallest absolute Gasteiger partial charge is 0.220 e. The van der Waals surface area contributed by atoms with Crippen LogP contribution in [0.2, 0.25) is 0 Å². The summed E-state index contributed by atoms with van der Waals surface area (Å²) in [6, 6.07) is 9.91. The fourth-order valence-electron chi connectivity index (χ4n) is 2.35.